The first-order valence-electron chi connectivity index (χ1n) is 9.13. The normalized spacial score (nSPS) is 16.8. The molecule has 2 N–H and O–H groups in total. The molecular weight excluding hydrogens is 347 g/mol. The molecule has 0 amide bonds. The van der Waals surface area contributed by atoms with Gasteiger partial charge < -0.3 is 20.1 Å². The van der Waals surface area contributed by atoms with E-state index in [0.717, 1.165) is 51.3 Å². The van der Waals surface area contributed by atoms with Crippen LogP contribution in [0.4, 0.5) is 13.2 Å². The lowest BCUT2D eigenvalue weighted by molar-refractivity contribution is -0.141. The lowest BCUT2D eigenvalue weighted by Crippen LogP contribution is -2.35. The van der Waals surface area contributed by atoms with Crippen LogP contribution in [0.2, 0.25) is 0 Å². The summed E-state index contributed by atoms with van der Waals surface area (Å²) in [4.78, 5) is 5.84. The molecule has 148 valence electrons. The molecule has 0 unspecified atom stereocenters. The third-order valence-electron chi connectivity index (χ3n) is 4.45. The van der Waals surface area contributed by atoms with Gasteiger partial charge in [-0.15, -0.1) is 0 Å². The van der Waals surface area contributed by atoms with Crippen molar-refractivity contribution < 1.29 is 23.0 Å². The first kappa shape index (κ1) is 20.9. The van der Waals surface area contributed by atoms with E-state index in [9.17, 15) is 13.2 Å². The Hall–Kier alpha value is -1.38. The smallest absolute Gasteiger partial charge is 0.433 e. The third kappa shape index (κ3) is 7.09. The molecule has 0 atom stereocenters. The van der Waals surface area contributed by atoms with Gasteiger partial charge in [0.05, 0.1) is 0 Å². The van der Waals surface area contributed by atoms with E-state index in [2.05, 4.69) is 15.2 Å². The van der Waals surface area contributed by atoms with Crippen LogP contribution >= 0.6 is 0 Å². The average Bonchev–Trinajstić information content (AvgIpc) is 2.59. The molecule has 1 aromatic rings. The number of halogens is 3. The number of aliphatic hydroxyl groups excluding tert-OH is 1. The van der Waals surface area contributed by atoms with Crippen molar-refractivity contribution in [3.05, 3.63) is 23.4 Å². The number of piperidine rings is 1. The maximum Gasteiger partial charge on any atom is 0.433 e. The molecule has 0 radical (unpaired) electrons. The van der Waals surface area contributed by atoms with E-state index in [1.807, 2.05) is 7.05 Å². The molecule has 8 heteroatoms. The van der Waals surface area contributed by atoms with Crippen LogP contribution in [0.25, 0.3) is 0 Å². The van der Waals surface area contributed by atoms with E-state index in [-0.39, 0.29) is 18.6 Å². The fraction of sp³-hybridized carbons (Fsp3) is 0.722. The summed E-state index contributed by atoms with van der Waals surface area (Å²) < 4.78 is 45.2. The number of aliphatic hydroxyl groups is 1. The number of unbranched alkanes of at least 4 members (excludes halogenated alkanes) is 2. The van der Waals surface area contributed by atoms with Crippen molar-refractivity contribution >= 4 is 0 Å². The fourth-order valence-electron chi connectivity index (χ4n) is 2.91. The molecule has 0 aliphatic carbocycles. The SMILES string of the molecule is CN1CCC(Oc2cc(CNCCCCCO)cc(C(F)(F)F)n2)CC1. The van der Waals surface area contributed by atoms with Gasteiger partial charge in [0.2, 0.25) is 5.88 Å². The summed E-state index contributed by atoms with van der Waals surface area (Å²) in [5, 5.41) is 11.9. The Labute approximate surface area is 152 Å². The number of hydrogen-bond acceptors (Lipinski definition) is 5. The zero-order valence-corrected chi connectivity index (χ0v) is 15.2. The van der Waals surface area contributed by atoms with Crippen LogP contribution in [-0.2, 0) is 12.7 Å². The number of alkyl halides is 3. The number of likely N-dealkylation sites (tertiary alicyclic amines) is 1. The van der Waals surface area contributed by atoms with Gasteiger partial charge in [-0.3, -0.25) is 0 Å². The predicted molar refractivity (Wildman–Crippen MR) is 93.0 cm³/mol. The van der Waals surface area contributed by atoms with Gasteiger partial charge in [0.15, 0.2) is 0 Å². The van der Waals surface area contributed by atoms with Crippen molar-refractivity contribution in [3.8, 4) is 5.88 Å². The second-order valence-electron chi connectivity index (χ2n) is 6.78. The molecule has 1 fully saturated rings. The highest BCUT2D eigenvalue weighted by atomic mass is 19.4. The van der Waals surface area contributed by atoms with Gasteiger partial charge in [-0.05, 0) is 57.3 Å². The first-order valence-corrected chi connectivity index (χ1v) is 9.13. The highest BCUT2D eigenvalue weighted by molar-refractivity contribution is 5.27. The Morgan fingerprint density at radius 1 is 1.23 bits per heavy atom. The quantitative estimate of drug-likeness (QED) is 0.650. The van der Waals surface area contributed by atoms with Crippen LogP contribution in [0.1, 0.15) is 43.4 Å². The lowest BCUT2D eigenvalue weighted by Gasteiger charge is -2.29. The summed E-state index contributed by atoms with van der Waals surface area (Å²) in [7, 11) is 2.02. The molecule has 1 aliphatic heterocycles. The molecule has 1 aromatic heterocycles. The highest BCUT2D eigenvalue weighted by Crippen LogP contribution is 2.30. The molecule has 2 rings (SSSR count). The lowest BCUT2D eigenvalue weighted by atomic mass is 10.1. The van der Waals surface area contributed by atoms with Crippen LogP contribution in [0.15, 0.2) is 12.1 Å². The Balaban J connectivity index is 1.98. The van der Waals surface area contributed by atoms with Gasteiger partial charge in [0.1, 0.15) is 11.8 Å². The van der Waals surface area contributed by atoms with Crippen molar-refractivity contribution in [2.75, 3.05) is 33.3 Å². The predicted octanol–water partition coefficient (Wildman–Crippen LogP) is 2.83. The number of hydrogen-bond donors (Lipinski definition) is 2. The minimum atomic E-state index is -4.50. The van der Waals surface area contributed by atoms with Crippen LogP contribution in [0.5, 0.6) is 5.88 Å². The Kier molecular flexibility index (Phi) is 8.12. The largest absolute Gasteiger partial charge is 0.474 e. The first-order chi connectivity index (χ1) is 12.4. The molecule has 1 saturated heterocycles. The number of ether oxygens (including phenoxy) is 1. The van der Waals surface area contributed by atoms with Crippen LogP contribution in [-0.4, -0.2) is 54.4 Å². The molecule has 26 heavy (non-hydrogen) atoms. The van der Waals surface area contributed by atoms with Crippen LogP contribution in [0, 0.1) is 0 Å². The average molecular weight is 375 g/mol. The van der Waals surface area contributed by atoms with Crippen LogP contribution in [0.3, 0.4) is 0 Å². The summed E-state index contributed by atoms with van der Waals surface area (Å²) in [6, 6.07) is 2.66. The van der Waals surface area contributed by atoms with Gasteiger partial charge >= 0.3 is 6.18 Å². The monoisotopic (exact) mass is 375 g/mol. The molecule has 0 saturated carbocycles. The molecule has 0 bridgehead atoms. The summed E-state index contributed by atoms with van der Waals surface area (Å²) in [5.74, 6) is 0.0476. The van der Waals surface area contributed by atoms with Gasteiger partial charge in [0, 0.05) is 32.3 Å². The van der Waals surface area contributed by atoms with E-state index in [4.69, 9.17) is 9.84 Å². The van der Waals surface area contributed by atoms with Gasteiger partial charge in [0.25, 0.3) is 0 Å². The molecular formula is C18H28F3N3O2. The van der Waals surface area contributed by atoms with E-state index < -0.39 is 11.9 Å². The highest BCUT2D eigenvalue weighted by Gasteiger charge is 2.33. The third-order valence-corrected chi connectivity index (χ3v) is 4.45. The number of rotatable bonds is 9. The van der Waals surface area contributed by atoms with Crippen molar-refractivity contribution in [2.24, 2.45) is 0 Å². The summed E-state index contributed by atoms with van der Waals surface area (Å²) in [6.07, 6.45) is -0.526. The Morgan fingerprint density at radius 2 is 1.96 bits per heavy atom. The Bertz CT molecular complexity index is 547. The van der Waals surface area contributed by atoms with Crippen molar-refractivity contribution in [1.29, 1.82) is 0 Å². The summed E-state index contributed by atoms with van der Waals surface area (Å²) in [5.41, 5.74) is -0.405. The molecule has 5 nitrogen and oxygen atoms in total. The minimum Gasteiger partial charge on any atom is -0.474 e. The van der Waals surface area contributed by atoms with Crippen molar-refractivity contribution in [3.63, 3.8) is 0 Å². The molecule has 2 heterocycles. The van der Waals surface area contributed by atoms with E-state index in [1.54, 1.807) is 6.07 Å². The number of aromatic nitrogens is 1. The minimum absolute atomic E-state index is 0.0476. The fourth-order valence-corrected chi connectivity index (χ4v) is 2.91. The second kappa shape index (κ2) is 10.1. The topological polar surface area (TPSA) is 57.6 Å². The van der Waals surface area contributed by atoms with Gasteiger partial charge in [-0.1, -0.05) is 0 Å². The van der Waals surface area contributed by atoms with Crippen LogP contribution < -0.4 is 10.1 Å². The molecule has 0 aromatic carbocycles. The number of nitrogens with one attached hydrogen (secondary N) is 1. The van der Waals surface area contributed by atoms with E-state index in [1.165, 1.54) is 0 Å². The zero-order valence-electron chi connectivity index (χ0n) is 15.2. The second-order valence-corrected chi connectivity index (χ2v) is 6.78. The maximum absolute atomic E-state index is 13.1. The van der Waals surface area contributed by atoms with E-state index >= 15 is 0 Å². The molecule has 0 spiro atoms. The van der Waals surface area contributed by atoms with Gasteiger partial charge in [-0.2, -0.15) is 13.2 Å². The maximum atomic E-state index is 13.1. The standard InChI is InChI=1S/C18H28F3N3O2/c1-24-8-5-15(6-9-24)26-17-12-14(11-16(23-17)18(19,20)21)13-22-7-3-2-4-10-25/h11-12,15,22,25H,2-10,13H2,1H3. The number of pyridine rings is 1. The van der Waals surface area contributed by atoms with Crippen molar-refractivity contribution in [2.45, 2.75) is 50.9 Å². The Morgan fingerprint density at radius 3 is 2.62 bits per heavy atom. The summed E-state index contributed by atoms with van der Waals surface area (Å²) in [6.45, 7) is 2.91. The van der Waals surface area contributed by atoms with Gasteiger partial charge in [-0.25, -0.2) is 4.98 Å². The van der Waals surface area contributed by atoms with Crippen molar-refractivity contribution in [1.82, 2.24) is 15.2 Å². The number of nitrogens with zero attached hydrogens (tertiary/aromatic N) is 2. The summed E-state index contributed by atoms with van der Waals surface area (Å²) >= 11 is 0. The van der Waals surface area contributed by atoms with E-state index in [0.29, 0.717) is 18.7 Å². The molecule has 1 aliphatic rings. The zero-order chi connectivity index (χ0) is 19.0.